The highest BCUT2D eigenvalue weighted by Gasteiger charge is 2.32. The summed E-state index contributed by atoms with van der Waals surface area (Å²) in [6, 6.07) is 11.3. The topological polar surface area (TPSA) is 49.5 Å². The number of aliphatic hydroxyl groups excluding tert-OH is 1. The van der Waals surface area contributed by atoms with Crippen LogP contribution in [0.25, 0.3) is 0 Å². The molecule has 18 heavy (non-hydrogen) atoms. The van der Waals surface area contributed by atoms with Crippen LogP contribution in [0.2, 0.25) is 0 Å². The summed E-state index contributed by atoms with van der Waals surface area (Å²) in [5.74, 6) is 0. The SMILES string of the molecule is CC(N)C(c1ccccc1)N(CCO)C1CCC1. The average molecular weight is 248 g/mol. The quantitative estimate of drug-likeness (QED) is 0.808. The molecule has 1 aliphatic rings. The summed E-state index contributed by atoms with van der Waals surface area (Å²) in [4.78, 5) is 2.39. The lowest BCUT2D eigenvalue weighted by Gasteiger charge is -2.44. The molecule has 1 aliphatic carbocycles. The van der Waals surface area contributed by atoms with Crippen molar-refractivity contribution >= 4 is 0 Å². The van der Waals surface area contributed by atoms with Crippen molar-refractivity contribution in [3.8, 4) is 0 Å². The maximum Gasteiger partial charge on any atom is 0.0558 e. The molecule has 1 saturated carbocycles. The first kappa shape index (κ1) is 13.5. The van der Waals surface area contributed by atoms with Crippen LogP contribution >= 0.6 is 0 Å². The molecule has 1 fully saturated rings. The van der Waals surface area contributed by atoms with Gasteiger partial charge in [0.15, 0.2) is 0 Å². The summed E-state index contributed by atoms with van der Waals surface area (Å²) < 4.78 is 0. The second-order valence-electron chi connectivity index (χ2n) is 5.26. The van der Waals surface area contributed by atoms with Crippen molar-refractivity contribution in [2.45, 2.75) is 44.3 Å². The van der Waals surface area contributed by atoms with Crippen LogP contribution in [-0.2, 0) is 0 Å². The molecule has 3 nitrogen and oxygen atoms in total. The second kappa shape index (κ2) is 6.32. The van der Waals surface area contributed by atoms with E-state index < -0.39 is 0 Å². The van der Waals surface area contributed by atoms with E-state index in [1.807, 2.05) is 6.07 Å². The third-order valence-corrected chi connectivity index (χ3v) is 3.90. The van der Waals surface area contributed by atoms with Gasteiger partial charge in [0.1, 0.15) is 0 Å². The third kappa shape index (κ3) is 2.91. The number of benzene rings is 1. The van der Waals surface area contributed by atoms with E-state index in [0.717, 1.165) is 0 Å². The molecule has 1 aromatic carbocycles. The van der Waals surface area contributed by atoms with E-state index in [1.165, 1.54) is 24.8 Å². The smallest absolute Gasteiger partial charge is 0.0558 e. The predicted octanol–water partition coefficient (Wildman–Crippen LogP) is 1.92. The fraction of sp³-hybridized carbons (Fsp3) is 0.600. The molecule has 2 rings (SSSR count). The molecule has 1 aromatic rings. The van der Waals surface area contributed by atoms with Crippen molar-refractivity contribution in [2.24, 2.45) is 5.73 Å². The van der Waals surface area contributed by atoms with E-state index in [0.29, 0.717) is 12.6 Å². The largest absolute Gasteiger partial charge is 0.395 e. The zero-order chi connectivity index (χ0) is 13.0. The maximum absolute atomic E-state index is 9.30. The van der Waals surface area contributed by atoms with Gasteiger partial charge in [-0.1, -0.05) is 36.8 Å². The minimum atomic E-state index is 0.0690. The summed E-state index contributed by atoms with van der Waals surface area (Å²) in [7, 11) is 0. The monoisotopic (exact) mass is 248 g/mol. The molecular formula is C15H24N2O. The molecule has 0 saturated heterocycles. The Hall–Kier alpha value is -0.900. The van der Waals surface area contributed by atoms with Crippen molar-refractivity contribution in [3.05, 3.63) is 35.9 Å². The van der Waals surface area contributed by atoms with Gasteiger partial charge in [-0.15, -0.1) is 0 Å². The van der Waals surface area contributed by atoms with Crippen LogP contribution in [-0.4, -0.2) is 35.2 Å². The zero-order valence-corrected chi connectivity index (χ0v) is 11.1. The van der Waals surface area contributed by atoms with E-state index in [4.69, 9.17) is 5.73 Å². The van der Waals surface area contributed by atoms with Gasteiger partial charge in [-0.3, -0.25) is 4.90 Å². The Labute approximate surface area is 110 Å². The average Bonchev–Trinajstić information content (AvgIpc) is 2.28. The minimum absolute atomic E-state index is 0.0690. The van der Waals surface area contributed by atoms with Crippen molar-refractivity contribution < 1.29 is 5.11 Å². The van der Waals surface area contributed by atoms with Crippen LogP contribution in [0.4, 0.5) is 0 Å². The summed E-state index contributed by atoms with van der Waals surface area (Å²) in [6.45, 7) is 2.97. The first-order chi connectivity index (χ1) is 8.74. The maximum atomic E-state index is 9.30. The molecular weight excluding hydrogens is 224 g/mol. The zero-order valence-electron chi connectivity index (χ0n) is 11.1. The number of hydrogen-bond acceptors (Lipinski definition) is 3. The Kier molecular flexibility index (Phi) is 4.75. The van der Waals surface area contributed by atoms with Crippen molar-refractivity contribution in [1.29, 1.82) is 0 Å². The molecule has 0 heterocycles. The van der Waals surface area contributed by atoms with Gasteiger partial charge in [0.25, 0.3) is 0 Å². The lowest BCUT2D eigenvalue weighted by molar-refractivity contribution is 0.0504. The molecule has 2 atom stereocenters. The van der Waals surface area contributed by atoms with Gasteiger partial charge in [-0.05, 0) is 25.3 Å². The number of hydrogen-bond donors (Lipinski definition) is 2. The normalized spacial score (nSPS) is 19.6. The number of nitrogens with two attached hydrogens (primary N) is 1. The molecule has 0 aromatic heterocycles. The first-order valence-corrected chi connectivity index (χ1v) is 6.91. The Balaban J connectivity index is 2.21. The lowest BCUT2D eigenvalue weighted by Crippen LogP contribution is -2.49. The van der Waals surface area contributed by atoms with Gasteiger partial charge >= 0.3 is 0 Å². The van der Waals surface area contributed by atoms with Gasteiger partial charge in [-0.2, -0.15) is 0 Å². The molecule has 3 heteroatoms. The van der Waals surface area contributed by atoms with Crippen LogP contribution in [0.15, 0.2) is 30.3 Å². The van der Waals surface area contributed by atoms with Crippen molar-refractivity contribution in [1.82, 2.24) is 4.90 Å². The summed E-state index contributed by atoms with van der Waals surface area (Å²) in [5, 5.41) is 9.30. The molecule has 0 spiro atoms. The number of nitrogens with zero attached hydrogens (tertiary/aromatic N) is 1. The summed E-state index contributed by atoms with van der Waals surface area (Å²) in [6.07, 6.45) is 3.76. The third-order valence-electron chi connectivity index (χ3n) is 3.90. The number of rotatable bonds is 6. The Bertz CT molecular complexity index is 349. The highest BCUT2D eigenvalue weighted by atomic mass is 16.3. The molecule has 0 aliphatic heterocycles. The first-order valence-electron chi connectivity index (χ1n) is 6.91. The minimum Gasteiger partial charge on any atom is -0.395 e. The van der Waals surface area contributed by atoms with Gasteiger partial charge in [0, 0.05) is 24.7 Å². The second-order valence-corrected chi connectivity index (χ2v) is 5.26. The van der Waals surface area contributed by atoms with E-state index in [2.05, 4.69) is 36.1 Å². The highest BCUT2D eigenvalue weighted by molar-refractivity contribution is 5.21. The fourth-order valence-corrected chi connectivity index (χ4v) is 2.83. The molecule has 0 radical (unpaired) electrons. The van der Waals surface area contributed by atoms with Crippen molar-refractivity contribution in [2.75, 3.05) is 13.2 Å². The van der Waals surface area contributed by atoms with E-state index in [1.54, 1.807) is 0 Å². The van der Waals surface area contributed by atoms with Crippen LogP contribution in [0, 0.1) is 0 Å². The van der Waals surface area contributed by atoms with Gasteiger partial charge in [0.05, 0.1) is 6.61 Å². The van der Waals surface area contributed by atoms with Gasteiger partial charge < -0.3 is 10.8 Å². The summed E-state index contributed by atoms with van der Waals surface area (Å²) >= 11 is 0. The van der Waals surface area contributed by atoms with E-state index >= 15 is 0 Å². The Morgan fingerprint density at radius 1 is 1.33 bits per heavy atom. The van der Waals surface area contributed by atoms with Crippen LogP contribution in [0.5, 0.6) is 0 Å². The van der Waals surface area contributed by atoms with E-state index in [9.17, 15) is 5.11 Å². The highest BCUT2D eigenvalue weighted by Crippen LogP contribution is 2.33. The van der Waals surface area contributed by atoms with E-state index in [-0.39, 0.29) is 18.7 Å². The molecule has 2 unspecified atom stereocenters. The van der Waals surface area contributed by atoms with Gasteiger partial charge in [0.2, 0.25) is 0 Å². The van der Waals surface area contributed by atoms with Crippen LogP contribution in [0.1, 0.15) is 37.8 Å². The van der Waals surface area contributed by atoms with Crippen LogP contribution < -0.4 is 5.73 Å². The lowest BCUT2D eigenvalue weighted by atomic mass is 9.87. The predicted molar refractivity (Wildman–Crippen MR) is 74.3 cm³/mol. The molecule has 3 N–H and O–H groups in total. The molecule has 0 amide bonds. The fourth-order valence-electron chi connectivity index (χ4n) is 2.83. The van der Waals surface area contributed by atoms with Crippen LogP contribution in [0.3, 0.4) is 0 Å². The Morgan fingerprint density at radius 2 is 2.00 bits per heavy atom. The van der Waals surface area contributed by atoms with Crippen molar-refractivity contribution in [3.63, 3.8) is 0 Å². The number of aliphatic hydroxyl groups is 1. The van der Waals surface area contributed by atoms with Gasteiger partial charge in [-0.25, -0.2) is 0 Å². The summed E-state index contributed by atoms with van der Waals surface area (Å²) in [5.41, 5.74) is 7.45. The standard InChI is InChI=1S/C15H24N2O/c1-12(16)15(13-6-3-2-4-7-13)17(10-11-18)14-8-5-9-14/h2-4,6-7,12,14-15,18H,5,8-11,16H2,1H3. The molecule has 0 bridgehead atoms. The Morgan fingerprint density at radius 3 is 2.44 bits per heavy atom. The molecule has 100 valence electrons.